The summed E-state index contributed by atoms with van der Waals surface area (Å²) in [4.78, 5) is 15.5. The Morgan fingerprint density at radius 3 is 3.20 bits per heavy atom. The molecule has 2 rings (SSSR count). The summed E-state index contributed by atoms with van der Waals surface area (Å²) < 4.78 is 0. The minimum atomic E-state index is -0.877. The van der Waals surface area contributed by atoms with Crippen LogP contribution >= 0.6 is 23.1 Å². The van der Waals surface area contributed by atoms with Crippen molar-refractivity contribution in [1.82, 2.24) is 0 Å². The van der Waals surface area contributed by atoms with E-state index in [1.54, 1.807) is 11.3 Å². The molecular weight excluding hydrogens is 234 g/mol. The summed E-state index contributed by atoms with van der Waals surface area (Å²) >= 11 is 2.65. The molecule has 1 aromatic heterocycles. The van der Waals surface area contributed by atoms with Gasteiger partial charge in [-0.3, -0.25) is 4.79 Å². The third-order valence-electron chi connectivity index (χ3n) is 1.61. The maximum Gasteiger partial charge on any atom is 0.313 e. The van der Waals surface area contributed by atoms with Gasteiger partial charge >= 0.3 is 5.97 Å². The lowest BCUT2D eigenvalue weighted by Gasteiger charge is -1.95. The standard InChI is InChI=1S/C8H7N3O2S2/c12-6(13)4-15-8-9-7(10-11-8)5-2-1-3-14-5/h1-3,7H,4H2,(H,12,13). The Kier molecular flexibility index (Phi) is 3.12. The molecule has 0 saturated carbocycles. The molecule has 0 bridgehead atoms. The smallest absolute Gasteiger partial charge is 0.313 e. The van der Waals surface area contributed by atoms with Crippen LogP contribution in [0.5, 0.6) is 0 Å². The molecule has 0 aliphatic carbocycles. The number of carboxylic acids is 1. The van der Waals surface area contributed by atoms with E-state index >= 15 is 0 Å². The maximum absolute atomic E-state index is 10.3. The van der Waals surface area contributed by atoms with Crippen molar-refractivity contribution in [1.29, 1.82) is 0 Å². The third-order valence-corrected chi connectivity index (χ3v) is 3.36. The largest absolute Gasteiger partial charge is 0.481 e. The monoisotopic (exact) mass is 241 g/mol. The molecule has 1 aliphatic rings. The molecule has 0 spiro atoms. The number of aliphatic imine (C=N–C) groups is 1. The minimum absolute atomic E-state index is 0.0327. The van der Waals surface area contributed by atoms with Crippen molar-refractivity contribution in [3.63, 3.8) is 0 Å². The molecule has 7 heteroatoms. The van der Waals surface area contributed by atoms with E-state index in [1.165, 1.54) is 0 Å². The molecule has 1 N–H and O–H groups in total. The highest BCUT2D eigenvalue weighted by Gasteiger charge is 2.17. The summed E-state index contributed by atoms with van der Waals surface area (Å²) in [6.07, 6.45) is -0.277. The molecule has 2 heterocycles. The second kappa shape index (κ2) is 4.54. The van der Waals surface area contributed by atoms with Crippen molar-refractivity contribution in [3.05, 3.63) is 22.4 Å². The third kappa shape index (κ3) is 2.63. The first kappa shape index (κ1) is 10.3. The molecule has 1 atom stereocenters. The Labute approximate surface area is 93.9 Å². The molecule has 1 aromatic rings. The number of thioether (sulfide) groups is 1. The zero-order chi connectivity index (χ0) is 10.7. The Balaban J connectivity index is 1.98. The van der Waals surface area contributed by atoms with Crippen LogP contribution in [-0.4, -0.2) is 22.0 Å². The van der Waals surface area contributed by atoms with Crippen molar-refractivity contribution < 1.29 is 9.90 Å². The van der Waals surface area contributed by atoms with Gasteiger partial charge in [-0.1, -0.05) is 17.8 Å². The van der Waals surface area contributed by atoms with Crippen LogP contribution in [0, 0.1) is 0 Å². The summed E-state index contributed by atoms with van der Waals surface area (Å²) in [5.41, 5.74) is 0. The topological polar surface area (TPSA) is 74.4 Å². The normalized spacial score (nSPS) is 19.2. The van der Waals surface area contributed by atoms with Crippen LogP contribution in [0.3, 0.4) is 0 Å². The quantitative estimate of drug-likeness (QED) is 0.882. The van der Waals surface area contributed by atoms with Gasteiger partial charge in [0.1, 0.15) is 0 Å². The van der Waals surface area contributed by atoms with Crippen molar-refractivity contribution >= 4 is 34.2 Å². The first-order valence-corrected chi connectivity index (χ1v) is 5.99. The SMILES string of the molecule is O=C(O)CSC1=NC(c2cccs2)N=N1. The first-order valence-electron chi connectivity index (χ1n) is 4.12. The van der Waals surface area contributed by atoms with E-state index in [0.717, 1.165) is 16.6 Å². The number of hydrogen-bond donors (Lipinski definition) is 1. The van der Waals surface area contributed by atoms with Gasteiger partial charge in [-0.05, 0) is 11.4 Å². The Hall–Kier alpha value is -1.21. The van der Waals surface area contributed by atoms with E-state index in [9.17, 15) is 4.79 Å². The molecule has 5 nitrogen and oxygen atoms in total. The van der Waals surface area contributed by atoms with Gasteiger partial charge in [0.15, 0.2) is 6.17 Å². The molecule has 1 unspecified atom stereocenters. The van der Waals surface area contributed by atoms with Gasteiger partial charge in [-0.15, -0.1) is 16.5 Å². The molecule has 15 heavy (non-hydrogen) atoms. The second-order valence-corrected chi connectivity index (χ2v) is 4.62. The van der Waals surface area contributed by atoms with Gasteiger partial charge in [0.05, 0.1) is 10.6 Å². The van der Waals surface area contributed by atoms with Gasteiger partial charge in [0, 0.05) is 0 Å². The van der Waals surface area contributed by atoms with E-state index in [0.29, 0.717) is 5.17 Å². The average Bonchev–Trinajstić information content (AvgIpc) is 2.85. The highest BCUT2D eigenvalue weighted by Crippen LogP contribution is 2.29. The number of aliphatic carboxylic acids is 1. The Morgan fingerprint density at radius 1 is 1.67 bits per heavy atom. The van der Waals surface area contributed by atoms with E-state index in [4.69, 9.17) is 5.11 Å². The van der Waals surface area contributed by atoms with E-state index in [2.05, 4.69) is 15.2 Å². The average molecular weight is 241 g/mol. The predicted molar refractivity (Wildman–Crippen MR) is 59.4 cm³/mol. The van der Waals surface area contributed by atoms with Gasteiger partial charge in [0.2, 0.25) is 5.17 Å². The summed E-state index contributed by atoms with van der Waals surface area (Å²) in [6.45, 7) is 0. The fraction of sp³-hybridized carbons (Fsp3) is 0.250. The van der Waals surface area contributed by atoms with Gasteiger partial charge in [0.25, 0.3) is 0 Å². The molecule has 0 aromatic carbocycles. The fourth-order valence-corrected chi connectivity index (χ4v) is 2.24. The summed E-state index contributed by atoms with van der Waals surface area (Å²) in [6, 6.07) is 3.86. The van der Waals surface area contributed by atoms with Crippen LogP contribution in [0.1, 0.15) is 11.0 Å². The minimum Gasteiger partial charge on any atom is -0.481 e. The predicted octanol–water partition coefficient (Wildman–Crippen LogP) is 2.39. The highest BCUT2D eigenvalue weighted by atomic mass is 32.2. The van der Waals surface area contributed by atoms with Gasteiger partial charge < -0.3 is 5.11 Å². The summed E-state index contributed by atoms with van der Waals surface area (Å²) in [5, 5.41) is 18.6. The maximum atomic E-state index is 10.3. The van der Waals surface area contributed by atoms with Crippen molar-refractivity contribution in [2.45, 2.75) is 6.17 Å². The van der Waals surface area contributed by atoms with Crippen molar-refractivity contribution in [2.24, 2.45) is 15.2 Å². The van der Waals surface area contributed by atoms with Crippen LogP contribution < -0.4 is 0 Å². The van der Waals surface area contributed by atoms with E-state index in [1.807, 2.05) is 17.5 Å². The molecule has 78 valence electrons. The lowest BCUT2D eigenvalue weighted by molar-refractivity contribution is -0.133. The number of carbonyl (C=O) groups is 1. The number of amidine groups is 1. The van der Waals surface area contributed by atoms with Crippen LogP contribution in [0.15, 0.2) is 32.7 Å². The number of rotatable bonds is 3. The van der Waals surface area contributed by atoms with Gasteiger partial charge in [-0.2, -0.15) is 5.11 Å². The Morgan fingerprint density at radius 2 is 2.53 bits per heavy atom. The molecule has 0 saturated heterocycles. The van der Waals surface area contributed by atoms with Crippen molar-refractivity contribution in [3.8, 4) is 0 Å². The van der Waals surface area contributed by atoms with E-state index in [-0.39, 0.29) is 11.9 Å². The van der Waals surface area contributed by atoms with Crippen LogP contribution in [0.25, 0.3) is 0 Å². The molecule has 0 amide bonds. The summed E-state index contributed by atoms with van der Waals surface area (Å²) in [7, 11) is 0. The van der Waals surface area contributed by atoms with Crippen molar-refractivity contribution in [2.75, 3.05) is 5.75 Å². The first-order chi connectivity index (χ1) is 7.25. The second-order valence-electron chi connectivity index (χ2n) is 2.70. The highest BCUT2D eigenvalue weighted by molar-refractivity contribution is 8.14. The number of azo groups is 1. The zero-order valence-electron chi connectivity index (χ0n) is 7.53. The van der Waals surface area contributed by atoms with Crippen LogP contribution in [0.4, 0.5) is 0 Å². The van der Waals surface area contributed by atoms with Crippen LogP contribution in [0.2, 0.25) is 0 Å². The van der Waals surface area contributed by atoms with Gasteiger partial charge in [-0.25, -0.2) is 4.99 Å². The molecule has 0 radical (unpaired) electrons. The lowest BCUT2D eigenvalue weighted by atomic mass is 10.4. The number of carboxylic acid groups (broad SMARTS) is 1. The summed E-state index contributed by atoms with van der Waals surface area (Å²) in [5.74, 6) is -0.910. The zero-order valence-corrected chi connectivity index (χ0v) is 9.16. The molecular formula is C8H7N3O2S2. The fourth-order valence-electron chi connectivity index (χ4n) is 1.01. The number of hydrogen-bond acceptors (Lipinski definition) is 6. The van der Waals surface area contributed by atoms with Crippen LogP contribution in [-0.2, 0) is 4.79 Å². The Bertz CT molecular complexity index is 414. The van der Waals surface area contributed by atoms with E-state index < -0.39 is 5.97 Å². The molecule has 1 aliphatic heterocycles. The molecule has 0 fully saturated rings. The lowest BCUT2D eigenvalue weighted by Crippen LogP contribution is -2.00. The number of thiophene rings is 1. The number of nitrogens with zero attached hydrogens (tertiary/aromatic N) is 3.